The van der Waals surface area contributed by atoms with E-state index in [9.17, 15) is 13.2 Å². The summed E-state index contributed by atoms with van der Waals surface area (Å²) in [6.07, 6.45) is 1.07. The summed E-state index contributed by atoms with van der Waals surface area (Å²) in [5.41, 5.74) is 0.501. The van der Waals surface area contributed by atoms with Crippen LogP contribution >= 0.6 is 22.9 Å². The highest BCUT2D eigenvalue weighted by molar-refractivity contribution is 7.91. The standard InChI is InChI=1S/C17H19ClN2O5S2/c1-24-13-6-5-11(10-14(13)25-2)19-17(21)12-4-3-9-20(12)27(22,23)16-8-7-15(18)26-16/h5-8,10,12H,3-4,9H2,1-2H3,(H,19,21)/t12-/m0/s1. The zero-order valence-corrected chi connectivity index (χ0v) is 17.2. The number of carbonyl (C=O) groups is 1. The highest BCUT2D eigenvalue weighted by atomic mass is 35.5. The van der Waals surface area contributed by atoms with Gasteiger partial charge in [0, 0.05) is 18.3 Å². The number of ether oxygens (including phenoxy) is 2. The lowest BCUT2D eigenvalue weighted by molar-refractivity contribution is -0.119. The maximum absolute atomic E-state index is 12.9. The molecule has 3 rings (SSSR count). The molecule has 1 aliphatic heterocycles. The van der Waals surface area contributed by atoms with Gasteiger partial charge in [0.1, 0.15) is 10.3 Å². The minimum Gasteiger partial charge on any atom is -0.493 e. The van der Waals surface area contributed by atoms with Crippen LogP contribution < -0.4 is 14.8 Å². The van der Waals surface area contributed by atoms with Gasteiger partial charge in [-0.2, -0.15) is 4.31 Å². The summed E-state index contributed by atoms with van der Waals surface area (Å²) in [6, 6.07) is 7.20. The summed E-state index contributed by atoms with van der Waals surface area (Å²) >= 11 is 6.85. The van der Waals surface area contributed by atoms with Gasteiger partial charge in [-0.05, 0) is 37.1 Å². The van der Waals surface area contributed by atoms with Gasteiger partial charge in [-0.15, -0.1) is 11.3 Å². The smallest absolute Gasteiger partial charge is 0.253 e. The van der Waals surface area contributed by atoms with Crippen molar-refractivity contribution in [1.82, 2.24) is 4.31 Å². The Labute approximate surface area is 166 Å². The van der Waals surface area contributed by atoms with Crippen molar-refractivity contribution in [3.63, 3.8) is 0 Å². The van der Waals surface area contributed by atoms with Crippen LogP contribution in [0.3, 0.4) is 0 Å². The molecule has 1 aliphatic rings. The Kier molecular flexibility index (Phi) is 5.95. The SMILES string of the molecule is COc1ccc(NC(=O)[C@@H]2CCCN2S(=O)(=O)c2ccc(Cl)s2)cc1OC. The number of hydrogen-bond donors (Lipinski definition) is 1. The van der Waals surface area contributed by atoms with Crippen LogP contribution in [0.1, 0.15) is 12.8 Å². The first-order valence-electron chi connectivity index (χ1n) is 8.17. The van der Waals surface area contributed by atoms with Crippen LogP contribution in [0, 0.1) is 0 Å². The quantitative estimate of drug-likeness (QED) is 0.760. The van der Waals surface area contributed by atoms with Gasteiger partial charge < -0.3 is 14.8 Å². The molecule has 1 aromatic carbocycles. The van der Waals surface area contributed by atoms with Gasteiger partial charge in [0.25, 0.3) is 10.0 Å². The van der Waals surface area contributed by atoms with Crippen molar-refractivity contribution in [2.75, 3.05) is 26.1 Å². The molecule has 0 spiro atoms. The molecule has 1 atom stereocenters. The molecular weight excluding hydrogens is 412 g/mol. The summed E-state index contributed by atoms with van der Waals surface area (Å²) < 4.78 is 37.9. The van der Waals surface area contributed by atoms with Gasteiger partial charge >= 0.3 is 0 Å². The van der Waals surface area contributed by atoms with Crippen LogP contribution in [0.2, 0.25) is 4.34 Å². The normalized spacial score (nSPS) is 17.7. The van der Waals surface area contributed by atoms with E-state index in [-0.39, 0.29) is 10.1 Å². The fourth-order valence-corrected chi connectivity index (χ4v) is 6.25. The first-order chi connectivity index (χ1) is 12.9. The second-order valence-corrected chi connectivity index (χ2v) is 9.72. The number of amides is 1. The number of thiophene rings is 1. The van der Waals surface area contributed by atoms with Crippen LogP contribution in [0.4, 0.5) is 5.69 Å². The molecule has 0 unspecified atom stereocenters. The molecular formula is C17H19ClN2O5S2. The molecule has 146 valence electrons. The van der Waals surface area contributed by atoms with Crippen molar-refractivity contribution in [1.29, 1.82) is 0 Å². The summed E-state index contributed by atoms with van der Waals surface area (Å²) in [5, 5.41) is 2.77. The van der Waals surface area contributed by atoms with Crippen molar-refractivity contribution in [3.8, 4) is 11.5 Å². The van der Waals surface area contributed by atoms with Crippen LogP contribution in [-0.2, 0) is 14.8 Å². The molecule has 1 saturated heterocycles. The molecule has 7 nitrogen and oxygen atoms in total. The first-order valence-corrected chi connectivity index (χ1v) is 10.8. The third-order valence-electron chi connectivity index (χ3n) is 4.27. The van der Waals surface area contributed by atoms with E-state index in [0.717, 1.165) is 11.3 Å². The molecule has 1 aromatic heterocycles. The number of benzene rings is 1. The zero-order valence-electron chi connectivity index (χ0n) is 14.8. The highest BCUT2D eigenvalue weighted by Crippen LogP contribution is 2.33. The second-order valence-electron chi connectivity index (χ2n) is 5.89. The van der Waals surface area contributed by atoms with Crippen molar-refractivity contribution >= 4 is 44.6 Å². The number of sulfonamides is 1. The van der Waals surface area contributed by atoms with E-state index in [1.165, 1.54) is 30.7 Å². The Bertz CT molecular complexity index is 945. The van der Waals surface area contributed by atoms with Crippen molar-refractivity contribution in [2.45, 2.75) is 23.1 Å². The number of nitrogens with one attached hydrogen (secondary N) is 1. The fourth-order valence-electron chi connectivity index (χ4n) is 2.98. The van der Waals surface area contributed by atoms with Gasteiger partial charge in [0.05, 0.1) is 18.6 Å². The molecule has 10 heteroatoms. The average Bonchev–Trinajstić information content (AvgIpc) is 3.31. The van der Waals surface area contributed by atoms with Crippen LogP contribution in [-0.4, -0.2) is 45.4 Å². The lowest BCUT2D eigenvalue weighted by atomic mass is 10.2. The Hall–Kier alpha value is -1.81. The van der Waals surface area contributed by atoms with Crippen molar-refractivity contribution in [3.05, 3.63) is 34.7 Å². The summed E-state index contributed by atoms with van der Waals surface area (Å²) in [6.45, 7) is 0.294. The largest absolute Gasteiger partial charge is 0.493 e. The predicted octanol–water partition coefficient (Wildman–Crippen LogP) is 3.21. The molecule has 2 aromatic rings. The molecule has 1 N–H and O–H groups in total. The minimum atomic E-state index is -3.77. The number of anilines is 1. The summed E-state index contributed by atoms with van der Waals surface area (Å²) in [4.78, 5) is 12.8. The molecule has 2 heterocycles. The van der Waals surface area contributed by atoms with Crippen LogP contribution in [0.5, 0.6) is 11.5 Å². The lowest BCUT2D eigenvalue weighted by Gasteiger charge is -2.22. The summed E-state index contributed by atoms with van der Waals surface area (Å²) in [5.74, 6) is 0.625. The van der Waals surface area contributed by atoms with E-state index in [2.05, 4.69) is 5.32 Å². The first kappa shape index (κ1) is 19.9. The zero-order chi connectivity index (χ0) is 19.6. The Morgan fingerprint density at radius 2 is 1.96 bits per heavy atom. The van der Waals surface area contributed by atoms with E-state index < -0.39 is 16.1 Å². The predicted molar refractivity (Wildman–Crippen MR) is 104 cm³/mol. The van der Waals surface area contributed by atoms with Crippen molar-refractivity contribution in [2.24, 2.45) is 0 Å². The number of methoxy groups -OCH3 is 2. The maximum Gasteiger partial charge on any atom is 0.253 e. The van der Waals surface area contributed by atoms with E-state index >= 15 is 0 Å². The molecule has 0 saturated carbocycles. The maximum atomic E-state index is 12.9. The van der Waals surface area contributed by atoms with Gasteiger partial charge in [-0.25, -0.2) is 8.42 Å². The lowest BCUT2D eigenvalue weighted by Crippen LogP contribution is -2.42. The highest BCUT2D eigenvalue weighted by Gasteiger charge is 2.40. The second kappa shape index (κ2) is 8.05. The molecule has 1 fully saturated rings. The van der Waals surface area contributed by atoms with Gasteiger partial charge in [0.15, 0.2) is 11.5 Å². The number of rotatable bonds is 6. The number of carbonyl (C=O) groups excluding carboxylic acids is 1. The van der Waals surface area contributed by atoms with Gasteiger partial charge in [0.2, 0.25) is 5.91 Å². The molecule has 0 bridgehead atoms. The summed E-state index contributed by atoms with van der Waals surface area (Å²) in [7, 11) is -0.743. The molecule has 0 radical (unpaired) electrons. The Morgan fingerprint density at radius 3 is 2.59 bits per heavy atom. The fraction of sp³-hybridized carbons (Fsp3) is 0.353. The molecule has 1 amide bonds. The Balaban J connectivity index is 1.80. The number of hydrogen-bond acceptors (Lipinski definition) is 6. The Morgan fingerprint density at radius 1 is 1.22 bits per heavy atom. The van der Waals surface area contributed by atoms with E-state index in [1.54, 1.807) is 18.2 Å². The minimum absolute atomic E-state index is 0.137. The van der Waals surface area contributed by atoms with Gasteiger partial charge in [-0.1, -0.05) is 11.6 Å². The number of nitrogens with zero attached hydrogens (tertiary/aromatic N) is 1. The molecule has 0 aliphatic carbocycles. The third kappa shape index (κ3) is 4.06. The molecule has 27 heavy (non-hydrogen) atoms. The van der Waals surface area contributed by atoms with Crippen LogP contribution in [0.25, 0.3) is 0 Å². The van der Waals surface area contributed by atoms with Gasteiger partial charge in [-0.3, -0.25) is 4.79 Å². The van der Waals surface area contributed by atoms with E-state index in [4.69, 9.17) is 21.1 Å². The third-order valence-corrected chi connectivity index (χ3v) is 7.88. The average molecular weight is 431 g/mol. The van der Waals surface area contributed by atoms with Crippen molar-refractivity contribution < 1.29 is 22.7 Å². The monoisotopic (exact) mass is 430 g/mol. The topological polar surface area (TPSA) is 84.9 Å². The van der Waals surface area contributed by atoms with Crippen LogP contribution in [0.15, 0.2) is 34.5 Å². The van der Waals surface area contributed by atoms with E-state index in [0.29, 0.717) is 40.9 Å². The van der Waals surface area contributed by atoms with E-state index in [1.807, 2.05) is 0 Å². The number of halogens is 1.